The van der Waals surface area contributed by atoms with Crippen molar-refractivity contribution < 1.29 is 9.52 Å². The molecule has 2 rings (SSSR count). The first-order chi connectivity index (χ1) is 7.29. The zero-order valence-electron chi connectivity index (χ0n) is 7.68. The van der Waals surface area contributed by atoms with Gasteiger partial charge in [-0.3, -0.25) is 0 Å². The van der Waals surface area contributed by atoms with Gasteiger partial charge in [0.05, 0.1) is 0 Å². The quantitative estimate of drug-likeness (QED) is 0.941. The molecule has 0 radical (unpaired) electrons. The number of halogens is 1. The van der Waals surface area contributed by atoms with Crippen molar-refractivity contribution in [3.63, 3.8) is 0 Å². The molecule has 2 aromatic rings. The Morgan fingerprint density at radius 1 is 1.33 bits per heavy atom. The lowest BCUT2D eigenvalue weighted by Crippen LogP contribution is -1.77. The molecule has 0 spiro atoms. The molecule has 0 bridgehead atoms. The van der Waals surface area contributed by atoms with Gasteiger partial charge in [0.25, 0.3) is 5.22 Å². The van der Waals surface area contributed by atoms with E-state index in [9.17, 15) is 0 Å². The van der Waals surface area contributed by atoms with Gasteiger partial charge in [0, 0.05) is 4.90 Å². The molecule has 0 fully saturated rings. The molecule has 0 aliphatic carbocycles. The summed E-state index contributed by atoms with van der Waals surface area (Å²) in [5.41, 5.74) is 0. The minimum atomic E-state index is -0.150. The summed E-state index contributed by atoms with van der Waals surface area (Å²) >= 11 is 4.63. The summed E-state index contributed by atoms with van der Waals surface area (Å²) in [5, 5.41) is 9.45. The van der Waals surface area contributed by atoms with Crippen molar-refractivity contribution >= 4 is 27.7 Å². The molecule has 0 unspecified atom stereocenters. The normalized spacial score (nSPS) is 10.5. The number of benzene rings is 1. The van der Waals surface area contributed by atoms with Gasteiger partial charge in [-0.25, -0.2) is 0 Å². The predicted octanol–water partition coefficient (Wildman–Crippen LogP) is 3.08. The van der Waals surface area contributed by atoms with Crippen molar-refractivity contribution in [2.75, 3.05) is 0 Å². The standard InChI is InChI=1S/C10H8BrNO2S/c11-9-8(6-13)14-10(12-9)15-7-4-2-1-3-5-7/h1-5,13H,6H2. The van der Waals surface area contributed by atoms with E-state index in [0.29, 0.717) is 15.6 Å². The van der Waals surface area contributed by atoms with Crippen LogP contribution in [0.15, 0.2) is 49.5 Å². The predicted molar refractivity (Wildman–Crippen MR) is 60.7 cm³/mol. The molecule has 78 valence electrons. The summed E-state index contributed by atoms with van der Waals surface area (Å²) in [6.07, 6.45) is 0. The molecule has 0 aliphatic rings. The van der Waals surface area contributed by atoms with E-state index in [1.54, 1.807) is 0 Å². The third kappa shape index (κ3) is 2.62. The lowest BCUT2D eigenvalue weighted by Gasteiger charge is -1.94. The van der Waals surface area contributed by atoms with Crippen LogP contribution in [0, 0.1) is 0 Å². The maximum absolute atomic E-state index is 8.92. The summed E-state index contributed by atoms with van der Waals surface area (Å²) in [4.78, 5) is 5.18. The summed E-state index contributed by atoms with van der Waals surface area (Å²) in [6.45, 7) is -0.150. The Balaban J connectivity index is 2.18. The highest BCUT2D eigenvalue weighted by Gasteiger charge is 2.10. The summed E-state index contributed by atoms with van der Waals surface area (Å²) < 4.78 is 5.88. The molecule has 0 atom stereocenters. The minimum absolute atomic E-state index is 0.150. The van der Waals surface area contributed by atoms with Crippen LogP contribution in [0.3, 0.4) is 0 Å². The molecule has 1 aromatic heterocycles. The van der Waals surface area contributed by atoms with E-state index in [0.717, 1.165) is 4.90 Å². The van der Waals surface area contributed by atoms with Crippen LogP contribution in [0.4, 0.5) is 0 Å². The van der Waals surface area contributed by atoms with Gasteiger partial charge in [-0.2, -0.15) is 4.98 Å². The highest BCUT2D eigenvalue weighted by Crippen LogP contribution is 2.30. The highest BCUT2D eigenvalue weighted by molar-refractivity contribution is 9.10. The van der Waals surface area contributed by atoms with E-state index in [4.69, 9.17) is 9.52 Å². The number of aliphatic hydroxyl groups excluding tert-OH is 1. The second kappa shape index (κ2) is 4.83. The van der Waals surface area contributed by atoms with Crippen LogP contribution in [0.5, 0.6) is 0 Å². The molecule has 0 saturated carbocycles. The number of aliphatic hydroxyl groups is 1. The number of rotatable bonds is 3. The Morgan fingerprint density at radius 3 is 2.67 bits per heavy atom. The van der Waals surface area contributed by atoms with E-state index in [-0.39, 0.29) is 6.61 Å². The number of nitrogens with zero attached hydrogens (tertiary/aromatic N) is 1. The Bertz CT molecular complexity index is 444. The fourth-order valence-corrected chi connectivity index (χ4v) is 2.30. The van der Waals surface area contributed by atoms with Crippen LogP contribution in [-0.2, 0) is 6.61 Å². The first-order valence-corrected chi connectivity index (χ1v) is 5.89. The second-order valence-corrected chi connectivity index (χ2v) is 4.54. The SMILES string of the molecule is OCc1oc(Sc2ccccc2)nc1Br. The monoisotopic (exact) mass is 285 g/mol. The zero-order valence-corrected chi connectivity index (χ0v) is 10.1. The second-order valence-electron chi connectivity index (χ2n) is 2.77. The van der Waals surface area contributed by atoms with Crippen LogP contribution < -0.4 is 0 Å². The average Bonchev–Trinajstić information content (AvgIpc) is 2.60. The molecule has 15 heavy (non-hydrogen) atoms. The van der Waals surface area contributed by atoms with Crippen molar-refractivity contribution in [3.8, 4) is 0 Å². The topological polar surface area (TPSA) is 46.3 Å². The Kier molecular flexibility index (Phi) is 3.45. The van der Waals surface area contributed by atoms with Gasteiger partial charge in [-0.1, -0.05) is 18.2 Å². The van der Waals surface area contributed by atoms with Gasteiger partial charge in [-0.15, -0.1) is 0 Å². The molecule has 1 heterocycles. The van der Waals surface area contributed by atoms with Gasteiger partial charge in [-0.05, 0) is 39.8 Å². The molecule has 3 nitrogen and oxygen atoms in total. The Hall–Kier alpha value is -0.780. The van der Waals surface area contributed by atoms with Crippen LogP contribution in [0.2, 0.25) is 0 Å². The Labute approximate surface area is 99.7 Å². The van der Waals surface area contributed by atoms with Crippen molar-refractivity contribution in [3.05, 3.63) is 40.7 Å². The number of hydrogen-bond acceptors (Lipinski definition) is 4. The van der Waals surface area contributed by atoms with Crippen LogP contribution in [0.25, 0.3) is 0 Å². The first kappa shape index (κ1) is 10.7. The average molecular weight is 286 g/mol. The number of hydrogen-bond donors (Lipinski definition) is 1. The van der Waals surface area contributed by atoms with Gasteiger partial charge in [0.15, 0.2) is 10.4 Å². The van der Waals surface area contributed by atoms with Gasteiger partial charge >= 0.3 is 0 Å². The van der Waals surface area contributed by atoms with E-state index in [1.165, 1.54) is 11.8 Å². The third-order valence-electron chi connectivity index (χ3n) is 1.72. The maximum atomic E-state index is 8.92. The lowest BCUT2D eigenvalue weighted by atomic mass is 10.4. The fraction of sp³-hybridized carbons (Fsp3) is 0.100. The fourth-order valence-electron chi connectivity index (χ4n) is 1.04. The minimum Gasteiger partial charge on any atom is -0.433 e. The molecule has 1 N–H and O–H groups in total. The van der Waals surface area contributed by atoms with Crippen molar-refractivity contribution in [1.29, 1.82) is 0 Å². The van der Waals surface area contributed by atoms with E-state index in [2.05, 4.69) is 20.9 Å². The van der Waals surface area contributed by atoms with Gasteiger partial charge in [0.2, 0.25) is 0 Å². The van der Waals surface area contributed by atoms with Gasteiger partial charge in [0.1, 0.15) is 6.61 Å². The molecular formula is C10H8BrNO2S. The molecule has 0 amide bonds. The Morgan fingerprint density at radius 2 is 2.07 bits per heavy atom. The van der Waals surface area contributed by atoms with Crippen LogP contribution in [-0.4, -0.2) is 10.1 Å². The van der Waals surface area contributed by atoms with E-state index < -0.39 is 0 Å². The largest absolute Gasteiger partial charge is 0.433 e. The van der Waals surface area contributed by atoms with E-state index >= 15 is 0 Å². The first-order valence-electron chi connectivity index (χ1n) is 4.28. The zero-order chi connectivity index (χ0) is 10.7. The van der Waals surface area contributed by atoms with E-state index in [1.807, 2.05) is 30.3 Å². The van der Waals surface area contributed by atoms with Crippen molar-refractivity contribution in [1.82, 2.24) is 4.98 Å². The van der Waals surface area contributed by atoms with Gasteiger partial charge < -0.3 is 9.52 Å². The number of aromatic nitrogens is 1. The molecule has 5 heteroatoms. The lowest BCUT2D eigenvalue weighted by molar-refractivity contribution is 0.235. The molecule has 0 saturated heterocycles. The summed E-state index contributed by atoms with van der Waals surface area (Å²) in [6, 6.07) is 9.80. The third-order valence-corrected chi connectivity index (χ3v) is 3.20. The maximum Gasteiger partial charge on any atom is 0.261 e. The molecular weight excluding hydrogens is 278 g/mol. The molecule has 0 aliphatic heterocycles. The smallest absolute Gasteiger partial charge is 0.261 e. The molecule has 1 aromatic carbocycles. The number of oxazole rings is 1. The summed E-state index contributed by atoms with van der Waals surface area (Å²) in [5.74, 6) is 0.452. The highest BCUT2D eigenvalue weighted by atomic mass is 79.9. The summed E-state index contributed by atoms with van der Waals surface area (Å²) in [7, 11) is 0. The van der Waals surface area contributed by atoms with Crippen LogP contribution in [0.1, 0.15) is 5.76 Å². The van der Waals surface area contributed by atoms with Crippen molar-refractivity contribution in [2.24, 2.45) is 0 Å². The van der Waals surface area contributed by atoms with Crippen LogP contribution >= 0.6 is 27.7 Å². The van der Waals surface area contributed by atoms with Crippen molar-refractivity contribution in [2.45, 2.75) is 16.7 Å².